The SMILES string of the molecule is Cc1ccc(NC(=S)N(N)CCO)c(C)c1. The highest BCUT2D eigenvalue weighted by atomic mass is 32.1. The van der Waals surface area contributed by atoms with Crippen LogP contribution in [0.15, 0.2) is 18.2 Å². The molecule has 0 aliphatic carbocycles. The van der Waals surface area contributed by atoms with Crippen LogP contribution < -0.4 is 11.2 Å². The van der Waals surface area contributed by atoms with Gasteiger partial charge in [-0.1, -0.05) is 17.7 Å². The summed E-state index contributed by atoms with van der Waals surface area (Å²) in [6.45, 7) is 4.34. The number of nitrogens with one attached hydrogen (secondary N) is 1. The van der Waals surface area contributed by atoms with Gasteiger partial charge in [-0.15, -0.1) is 0 Å². The molecule has 0 atom stereocenters. The molecule has 4 N–H and O–H groups in total. The average molecular weight is 239 g/mol. The molecule has 1 rings (SSSR count). The van der Waals surface area contributed by atoms with Crippen molar-refractivity contribution in [1.82, 2.24) is 5.01 Å². The molecule has 0 spiro atoms. The Balaban J connectivity index is 2.69. The molecule has 0 amide bonds. The Morgan fingerprint density at radius 2 is 2.19 bits per heavy atom. The third kappa shape index (κ3) is 3.44. The molecule has 0 unspecified atom stereocenters. The first-order chi connectivity index (χ1) is 7.54. The van der Waals surface area contributed by atoms with Gasteiger partial charge in [0.1, 0.15) is 0 Å². The van der Waals surface area contributed by atoms with E-state index >= 15 is 0 Å². The van der Waals surface area contributed by atoms with E-state index in [9.17, 15) is 0 Å². The fraction of sp³-hybridized carbons (Fsp3) is 0.364. The van der Waals surface area contributed by atoms with E-state index < -0.39 is 0 Å². The van der Waals surface area contributed by atoms with Crippen molar-refractivity contribution in [2.45, 2.75) is 13.8 Å². The topological polar surface area (TPSA) is 61.5 Å². The third-order valence-corrected chi connectivity index (χ3v) is 2.56. The summed E-state index contributed by atoms with van der Waals surface area (Å²) in [4.78, 5) is 0. The lowest BCUT2D eigenvalue weighted by Gasteiger charge is -2.20. The average Bonchev–Trinajstić information content (AvgIpc) is 2.22. The second kappa shape index (κ2) is 5.79. The monoisotopic (exact) mass is 239 g/mol. The lowest BCUT2D eigenvalue weighted by molar-refractivity contribution is 0.253. The van der Waals surface area contributed by atoms with Gasteiger partial charge in [0.05, 0.1) is 13.2 Å². The van der Waals surface area contributed by atoms with Crippen molar-refractivity contribution in [3.05, 3.63) is 29.3 Å². The fourth-order valence-corrected chi connectivity index (χ4v) is 1.55. The quantitative estimate of drug-likeness (QED) is 0.420. The van der Waals surface area contributed by atoms with Gasteiger partial charge in [0.2, 0.25) is 0 Å². The normalized spacial score (nSPS) is 10.0. The summed E-state index contributed by atoms with van der Waals surface area (Å²) in [5.74, 6) is 5.63. The molecule has 5 heteroatoms. The summed E-state index contributed by atoms with van der Waals surface area (Å²) in [5.41, 5.74) is 3.25. The predicted molar refractivity (Wildman–Crippen MR) is 70.1 cm³/mol. The molecule has 0 aromatic heterocycles. The van der Waals surface area contributed by atoms with E-state index in [2.05, 4.69) is 11.4 Å². The van der Waals surface area contributed by atoms with E-state index in [1.54, 1.807) is 0 Å². The van der Waals surface area contributed by atoms with Gasteiger partial charge in [-0.3, -0.25) is 5.01 Å². The number of aliphatic hydroxyl groups excluding tert-OH is 1. The number of hydrogen-bond donors (Lipinski definition) is 3. The zero-order valence-corrected chi connectivity index (χ0v) is 10.3. The molecule has 0 fully saturated rings. The molecule has 0 aliphatic rings. The standard InChI is InChI=1S/C11H17N3OS/c1-8-3-4-10(9(2)7-8)13-11(16)14(12)5-6-15/h3-4,7,15H,5-6,12H2,1-2H3,(H,13,16). The van der Waals surface area contributed by atoms with Crippen molar-refractivity contribution in [2.24, 2.45) is 5.84 Å². The van der Waals surface area contributed by atoms with Crippen molar-refractivity contribution in [1.29, 1.82) is 0 Å². The minimum absolute atomic E-state index is 0.0226. The molecule has 0 aliphatic heterocycles. The second-order valence-electron chi connectivity index (χ2n) is 3.67. The highest BCUT2D eigenvalue weighted by Crippen LogP contribution is 2.16. The van der Waals surface area contributed by atoms with E-state index in [0.29, 0.717) is 11.7 Å². The van der Waals surface area contributed by atoms with Gasteiger partial charge in [-0.05, 0) is 37.7 Å². The molecular weight excluding hydrogens is 222 g/mol. The number of nitrogens with zero attached hydrogens (tertiary/aromatic N) is 1. The molecule has 16 heavy (non-hydrogen) atoms. The van der Waals surface area contributed by atoms with Gasteiger partial charge in [0.25, 0.3) is 0 Å². The number of nitrogens with two attached hydrogens (primary N) is 1. The predicted octanol–water partition coefficient (Wildman–Crippen LogP) is 1.17. The number of aryl methyl sites for hydroxylation is 2. The molecule has 0 saturated carbocycles. The summed E-state index contributed by atoms with van der Waals surface area (Å²) in [6.07, 6.45) is 0. The van der Waals surface area contributed by atoms with E-state index in [-0.39, 0.29) is 6.61 Å². The summed E-state index contributed by atoms with van der Waals surface area (Å²) < 4.78 is 0. The maximum atomic E-state index is 8.73. The Hall–Kier alpha value is -1.17. The molecule has 0 bridgehead atoms. The van der Waals surface area contributed by atoms with E-state index in [1.165, 1.54) is 10.6 Å². The Morgan fingerprint density at radius 3 is 2.75 bits per heavy atom. The molecule has 0 radical (unpaired) electrons. The zero-order valence-electron chi connectivity index (χ0n) is 9.53. The molecular formula is C11H17N3OS. The lowest BCUT2D eigenvalue weighted by atomic mass is 10.1. The van der Waals surface area contributed by atoms with Gasteiger partial charge >= 0.3 is 0 Å². The maximum Gasteiger partial charge on any atom is 0.187 e. The van der Waals surface area contributed by atoms with Crippen molar-refractivity contribution in [3.8, 4) is 0 Å². The number of benzene rings is 1. The van der Waals surface area contributed by atoms with Crippen LogP contribution in [0.5, 0.6) is 0 Å². The number of hydrazine groups is 1. The molecule has 0 saturated heterocycles. The summed E-state index contributed by atoms with van der Waals surface area (Å²) in [7, 11) is 0. The van der Waals surface area contributed by atoms with Crippen molar-refractivity contribution < 1.29 is 5.11 Å². The van der Waals surface area contributed by atoms with Gasteiger partial charge in [-0.25, -0.2) is 5.84 Å². The molecule has 88 valence electrons. The van der Waals surface area contributed by atoms with Crippen molar-refractivity contribution >= 4 is 23.0 Å². The van der Waals surface area contributed by atoms with Crippen molar-refractivity contribution in [3.63, 3.8) is 0 Å². The van der Waals surface area contributed by atoms with Crippen LogP contribution in [0.3, 0.4) is 0 Å². The maximum absolute atomic E-state index is 8.73. The Morgan fingerprint density at radius 1 is 1.50 bits per heavy atom. The van der Waals surface area contributed by atoms with Crippen LogP contribution in [-0.2, 0) is 0 Å². The smallest absolute Gasteiger partial charge is 0.187 e. The van der Waals surface area contributed by atoms with Gasteiger partial charge in [-0.2, -0.15) is 0 Å². The van der Waals surface area contributed by atoms with Crippen LogP contribution >= 0.6 is 12.2 Å². The van der Waals surface area contributed by atoms with Crippen LogP contribution in [-0.4, -0.2) is 28.4 Å². The lowest BCUT2D eigenvalue weighted by Crippen LogP contribution is -2.42. The van der Waals surface area contributed by atoms with Gasteiger partial charge < -0.3 is 10.4 Å². The summed E-state index contributed by atoms with van der Waals surface area (Å²) in [5, 5.41) is 13.5. The molecule has 4 nitrogen and oxygen atoms in total. The minimum Gasteiger partial charge on any atom is -0.394 e. The van der Waals surface area contributed by atoms with Crippen LogP contribution in [0.25, 0.3) is 0 Å². The van der Waals surface area contributed by atoms with Crippen LogP contribution in [0.1, 0.15) is 11.1 Å². The van der Waals surface area contributed by atoms with Crippen LogP contribution in [0.4, 0.5) is 5.69 Å². The highest BCUT2D eigenvalue weighted by Gasteiger charge is 2.05. The first-order valence-electron chi connectivity index (χ1n) is 5.06. The third-order valence-electron chi connectivity index (χ3n) is 2.23. The van der Waals surface area contributed by atoms with Crippen LogP contribution in [0.2, 0.25) is 0 Å². The largest absolute Gasteiger partial charge is 0.394 e. The first kappa shape index (κ1) is 12.9. The molecule has 1 aromatic rings. The Bertz CT molecular complexity index is 381. The van der Waals surface area contributed by atoms with Crippen LogP contribution in [0, 0.1) is 13.8 Å². The number of aliphatic hydroxyl groups is 1. The summed E-state index contributed by atoms with van der Waals surface area (Å²) in [6, 6.07) is 6.03. The number of anilines is 1. The number of hydrogen-bond acceptors (Lipinski definition) is 3. The number of thiocarbonyl (C=S) groups is 1. The van der Waals surface area contributed by atoms with Crippen molar-refractivity contribution in [2.75, 3.05) is 18.5 Å². The highest BCUT2D eigenvalue weighted by molar-refractivity contribution is 7.80. The Labute approximate surface area is 101 Å². The summed E-state index contributed by atoms with van der Waals surface area (Å²) >= 11 is 5.10. The van der Waals surface area contributed by atoms with Gasteiger partial charge in [0, 0.05) is 5.69 Å². The second-order valence-corrected chi connectivity index (χ2v) is 4.05. The Kier molecular flexibility index (Phi) is 4.67. The van der Waals surface area contributed by atoms with Gasteiger partial charge in [0.15, 0.2) is 5.11 Å². The minimum atomic E-state index is -0.0226. The molecule has 1 aromatic carbocycles. The van der Waals surface area contributed by atoms with E-state index in [0.717, 1.165) is 11.3 Å². The molecule has 0 heterocycles. The van der Waals surface area contributed by atoms with E-state index in [4.69, 9.17) is 23.2 Å². The fourth-order valence-electron chi connectivity index (χ4n) is 1.35. The van der Waals surface area contributed by atoms with E-state index in [1.807, 2.05) is 26.0 Å². The first-order valence-corrected chi connectivity index (χ1v) is 5.46. The zero-order chi connectivity index (χ0) is 12.1. The number of rotatable bonds is 3.